The number of rotatable bonds is 8. The van der Waals surface area contributed by atoms with Gasteiger partial charge in [0.1, 0.15) is 5.75 Å². The molecule has 6 nitrogen and oxygen atoms in total. The SMILES string of the molecule is CCCOc1ccc(-c2csc(NC(=O)c3cccc(CS(C)(=O)=O)c3)n2)cc1. The zero-order valence-electron chi connectivity index (χ0n) is 16.2. The number of carbonyl (C=O) groups is 1. The van der Waals surface area contributed by atoms with Gasteiger partial charge in [0.05, 0.1) is 18.1 Å². The lowest BCUT2D eigenvalue weighted by Crippen LogP contribution is -2.12. The zero-order valence-corrected chi connectivity index (χ0v) is 17.8. The van der Waals surface area contributed by atoms with Gasteiger partial charge in [0.15, 0.2) is 15.0 Å². The van der Waals surface area contributed by atoms with E-state index in [1.165, 1.54) is 17.6 Å². The average Bonchev–Trinajstić information content (AvgIpc) is 3.14. The van der Waals surface area contributed by atoms with Crippen LogP contribution in [0, 0.1) is 0 Å². The third-order valence-electron chi connectivity index (χ3n) is 3.97. The van der Waals surface area contributed by atoms with Gasteiger partial charge in [-0.1, -0.05) is 19.1 Å². The summed E-state index contributed by atoms with van der Waals surface area (Å²) in [6.45, 7) is 2.74. The van der Waals surface area contributed by atoms with E-state index < -0.39 is 9.84 Å². The second kappa shape index (κ2) is 9.19. The Balaban J connectivity index is 1.68. The Labute approximate surface area is 174 Å². The second-order valence-electron chi connectivity index (χ2n) is 6.64. The number of nitrogens with zero attached hydrogens (tertiary/aromatic N) is 1. The van der Waals surface area contributed by atoms with E-state index in [9.17, 15) is 13.2 Å². The third kappa shape index (κ3) is 6.13. The molecule has 0 aliphatic carbocycles. The first-order valence-corrected chi connectivity index (χ1v) is 12.0. The fourth-order valence-electron chi connectivity index (χ4n) is 2.68. The van der Waals surface area contributed by atoms with Crippen LogP contribution in [0.15, 0.2) is 53.9 Å². The first kappa shape index (κ1) is 21.0. The number of sulfone groups is 1. The maximum atomic E-state index is 12.5. The topological polar surface area (TPSA) is 85.4 Å². The van der Waals surface area contributed by atoms with Crippen molar-refractivity contribution in [3.63, 3.8) is 0 Å². The highest BCUT2D eigenvalue weighted by atomic mass is 32.2. The Morgan fingerprint density at radius 2 is 1.93 bits per heavy atom. The molecule has 1 N–H and O–H groups in total. The molecular formula is C21H22N2O4S2. The molecule has 3 aromatic rings. The van der Waals surface area contributed by atoms with Gasteiger partial charge in [0.2, 0.25) is 0 Å². The van der Waals surface area contributed by atoms with Crippen molar-refractivity contribution in [2.75, 3.05) is 18.2 Å². The minimum absolute atomic E-state index is 0.104. The fourth-order valence-corrected chi connectivity index (χ4v) is 4.18. The summed E-state index contributed by atoms with van der Waals surface area (Å²) >= 11 is 1.33. The minimum atomic E-state index is -3.17. The Hall–Kier alpha value is -2.71. The predicted octanol–water partition coefficient (Wildman–Crippen LogP) is 4.40. The number of carbonyl (C=O) groups excluding carboxylic acids is 1. The summed E-state index contributed by atoms with van der Waals surface area (Å²) in [5, 5.41) is 5.12. The molecule has 1 amide bonds. The van der Waals surface area contributed by atoms with Crippen LogP contribution in [0.1, 0.15) is 29.3 Å². The number of hydrogen-bond donors (Lipinski definition) is 1. The van der Waals surface area contributed by atoms with E-state index in [0.29, 0.717) is 22.9 Å². The van der Waals surface area contributed by atoms with Crippen molar-refractivity contribution >= 4 is 32.2 Å². The third-order valence-corrected chi connectivity index (χ3v) is 5.58. The van der Waals surface area contributed by atoms with Crippen LogP contribution in [0.5, 0.6) is 5.75 Å². The van der Waals surface area contributed by atoms with Crippen molar-refractivity contribution in [3.05, 3.63) is 65.0 Å². The molecule has 0 unspecified atom stereocenters. The van der Waals surface area contributed by atoms with E-state index in [4.69, 9.17) is 4.74 Å². The summed E-state index contributed by atoms with van der Waals surface area (Å²) in [6.07, 6.45) is 2.12. The lowest BCUT2D eigenvalue weighted by molar-refractivity contribution is 0.102. The van der Waals surface area contributed by atoms with Crippen molar-refractivity contribution < 1.29 is 17.9 Å². The first-order chi connectivity index (χ1) is 13.8. The number of nitrogens with one attached hydrogen (secondary N) is 1. The molecule has 1 aromatic heterocycles. The van der Waals surface area contributed by atoms with Gasteiger partial charge in [0.25, 0.3) is 5.91 Å². The number of ether oxygens (including phenoxy) is 1. The molecule has 0 fully saturated rings. The Morgan fingerprint density at radius 3 is 2.62 bits per heavy atom. The molecule has 0 spiro atoms. The molecule has 0 aliphatic rings. The van der Waals surface area contributed by atoms with Gasteiger partial charge < -0.3 is 4.74 Å². The maximum absolute atomic E-state index is 12.5. The standard InChI is InChI=1S/C21H22N2O4S2/c1-3-11-27-18-9-7-16(8-10-18)19-13-28-21(22-19)23-20(24)17-6-4-5-15(12-17)14-29(2,25)26/h4-10,12-13H,3,11,14H2,1-2H3,(H,22,23,24). The molecule has 0 aliphatic heterocycles. The van der Waals surface area contributed by atoms with E-state index >= 15 is 0 Å². The monoisotopic (exact) mass is 430 g/mol. The summed E-state index contributed by atoms with van der Waals surface area (Å²) in [7, 11) is -3.17. The smallest absolute Gasteiger partial charge is 0.257 e. The zero-order chi connectivity index (χ0) is 20.9. The maximum Gasteiger partial charge on any atom is 0.257 e. The molecule has 0 saturated carbocycles. The summed E-state index contributed by atoms with van der Waals surface area (Å²) in [6, 6.07) is 14.2. The van der Waals surface area contributed by atoms with Crippen molar-refractivity contribution in [2.45, 2.75) is 19.1 Å². The van der Waals surface area contributed by atoms with Crippen molar-refractivity contribution in [3.8, 4) is 17.0 Å². The van der Waals surface area contributed by atoms with Gasteiger partial charge in [-0.05, 0) is 48.4 Å². The summed E-state index contributed by atoms with van der Waals surface area (Å²) < 4.78 is 28.5. The Kier molecular flexibility index (Phi) is 6.66. The number of anilines is 1. The highest BCUT2D eigenvalue weighted by molar-refractivity contribution is 7.89. The summed E-state index contributed by atoms with van der Waals surface area (Å²) in [5.74, 6) is 0.380. The fraction of sp³-hybridized carbons (Fsp3) is 0.238. The van der Waals surface area contributed by atoms with E-state index in [0.717, 1.165) is 23.4 Å². The number of aromatic nitrogens is 1. The van der Waals surface area contributed by atoms with Gasteiger partial charge in [-0.25, -0.2) is 13.4 Å². The van der Waals surface area contributed by atoms with Gasteiger partial charge in [-0.15, -0.1) is 11.3 Å². The number of thiazole rings is 1. The Morgan fingerprint density at radius 1 is 1.17 bits per heavy atom. The molecule has 1 heterocycles. The molecule has 8 heteroatoms. The molecule has 29 heavy (non-hydrogen) atoms. The average molecular weight is 431 g/mol. The van der Waals surface area contributed by atoms with Crippen LogP contribution in [-0.2, 0) is 15.6 Å². The largest absolute Gasteiger partial charge is 0.494 e. The minimum Gasteiger partial charge on any atom is -0.494 e. The van der Waals surface area contributed by atoms with Gasteiger partial charge in [-0.2, -0.15) is 0 Å². The second-order valence-corrected chi connectivity index (χ2v) is 9.63. The highest BCUT2D eigenvalue weighted by Crippen LogP contribution is 2.27. The highest BCUT2D eigenvalue weighted by Gasteiger charge is 2.12. The van der Waals surface area contributed by atoms with Crippen LogP contribution >= 0.6 is 11.3 Å². The van der Waals surface area contributed by atoms with Crippen LogP contribution in [0.3, 0.4) is 0 Å². The molecule has 0 saturated heterocycles. The lowest BCUT2D eigenvalue weighted by Gasteiger charge is -2.05. The summed E-state index contributed by atoms with van der Waals surface area (Å²) in [4.78, 5) is 17.0. The quantitative estimate of drug-likeness (QED) is 0.573. The van der Waals surface area contributed by atoms with Crippen LogP contribution in [0.2, 0.25) is 0 Å². The first-order valence-electron chi connectivity index (χ1n) is 9.11. The van der Waals surface area contributed by atoms with E-state index in [1.54, 1.807) is 24.3 Å². The molecule has 2 aromatic carbocycles. The van der Waals surface area contributed by atoms with Crippen LogP contribution in [-0.4, -0.2) is 32.2 Å². The molecule has 0 atom stereocenters. The van der Waals surface area contributed by atoms with Crippen LogP contribution in [0.25, 0.3) is 11.3 Å². The lowest BCUT2D eigenvalue weighted by atomic mass is 10.1. The normalized spacial score (nSPS) is 11.2. The number of benzene rings is 2. The van der Waals surface area contributed by atoms with Gasteiger partial charge in [0, 0.05) is 22.8 Å². The predicted molar refractivity (Wildman–Crippen MR) is 116 cm³/mol. The van der Waals surface area contributed by atoms with E-state index in [2.05, 4.69) is 17.2 Å². The van der Waals surface area contributed by atoms with Crippen molar-refractivity contribution in [1.82, 2.24) is 4.98 Å². The van der Waals surface area contributed by atoms with Crippen LogP contribution < -0.4 is 10.1 Å². The van der Waals surface area contributed by atoms with Crippen molar-refractivity contribution in [1.29, 1.82) is 0 Å². The van der Waals surface area contributed by atoms with E-state index in [-0.39, 0.29) is 11.7 Å². The number of amides is 1. The number of hydrogen-bond acceptors (Lipinski definition) is 6. The molecule has 3 rings (SSSR count). The molecular weight excluding hydrogens is 408 g/mol. The van der Waals surface area contributed by atoms with E-state index in [1.807, 2.05) is 29.6 Å². The summed E-state index contributed by atoms with van der Waals surface area (Å²) in [5.41, 5.74) is 2.66. The molecule has 152 valence electrons. The van der Waals surface area contributed by atoms with Gasteiger partial charge in [-0.3, -0.25) is 10.1 Å². The van der Waals surface area contributed by atoms with Crippen LogP contribution in [0.4, 0.5) is 5.13 Å². The van der Waals surface area contributed by atoms with Gasteiger partial charge >= 0.3 is 0 Å². The Bertz CT molecular complexity index is 1090. The van der Waals surface area contributed by atoms with Crippen molar-refractivity contribution in [2.24, 2.45) is 0 Å². The molecule has 0 radical (unpaired) electrons. The molecule has 0 bridgehead atoms.